The fourth-order valence-corrected chi connectivity index (χ4v) is 3.40. The van der Waals surface area contributed by atoms with E-state index in [1.807, 2.05) is 0 Å². The number of likely N-dealkylation sites (tertiary alicyclic amines) is 1. The minimum absolute atomic E-state index is 0.162. The number of halogens is 2. The van der Waals surface area contributed by atoms with Crippen molar-refractivity contribution in [2.24, 2.45) is 11.7 Å². The molecule has 1 atom stereocenters. The van der Waals surface area contributed by atoms with Gasteiger partial charge in [0.15, 0.2) is 0 Å². The number of aromatic nitrogens is 2. The van der Waals surface area contributed by atoms with Crippen LogP contribution < -0.4 is 5.73 Å². The third-order valence-corrected chi connectivity index (χ3v) is 4.75. The van der Waals surface area contributed by atoms with Crippen molar-refractivity contribution < 1.29 is 14.0 Å². The number of hydrogen-bond donors (Lipinski definition) is 1. The lowest BCUT2D eigenvalue weighted by Gasteiger charge is -2.31. The van der Waals surface area contributed by atoms with E-state index in [4.69, 9.17) is 17.3 Å². The maximum absolute atomic E-state index is 13.1. The Hall–Kier alpha value is -2.41. The molecule has 1 unspecified atom stereocenters. The third-order valence-electron chi connectivity index (χ3n) is 4.40. The van der Waals surface area contributed by atoms with Gasteiger partial charge < -0.3 is 10.6 Å². The lowest BCUT2D eigenvalue weighted by atomic mass is 9.97. The van der Waals surface area contributed by atoms with Crippen molar-refractivity contribution in [2.75, 3.05) is 13.1 Å². The number of nitrogens with two attached hydrogens (primary N) is 1. The van der Waals surface area contributed by atoms with Gasteiger partial charge in [0.05, 0.1) is 22.9 Å². The summed E-state index contributed by atoms with van der Waals surface area (Å²) >= 11 is 6.38. The second-order valence-corrected chi connectivity index (χ2v) is 6.49. The topological polar surface area (TPSA) is 81.2 Å². The lowest BCUT2D eigenvalue weighted by molar-refractivity contribution is -0.123. The van der Waals surface area contributed by atoms with Crippen LogP contribution in [0.4, 0.5) is 4.39 Å². The maximum Gasteiger partial charge on any atom is 0.258 e. The van der Waals surface area contributed by atoms with Gasteiger partial charge in [0, 0.05) is 13.1 Å². The molecule has 3 rings (SSSR count). The van der Waals surface area contributed by atoms with Crippen molar-refractivity contribution in [1.29, 1.82) is 0 Å². The van der Waals surface area contributed by atoms with Crippen LogP contribution in [0.1, 0.15) is 28.9 Å². The first-order chi connectivity index (χ1) is 11.9. The maximum atomic E-state index is 13.1. The molecule has 1 saturated heterocycles. The number of carbonyl (C=O) groups excluding carboxylic acids is 2. The minimum atomic E-state index is -0.401. The van der Waals surface area contributed by atoms with Crippen LogP contribution in [-0.4, -0.2) is 39.6 Å². The zero-order chi connectivity index (χ0) is 18.1. The molecular formula is C17H18ClFN4O2. The van der Waals surface area contributed by atoms with Gasteiger partial charge in [-0.15, -0.1) is 0 Å². The van der Waals surface area contributed by atoms with E-state index in [0.717, 1.165) is 0 Å². The molecule has 0 spiro atoms. The Morgan fingerprint density at radius 3 is 2.64 bits per heavy atom. The van der Waals surface area contributed by atoms with Crippen molar-refractivity contribution >= 4 is 23.4 Å². The van der Waals surface area contributed by atoms with E-state index in [0.29, 0.717) is 30.8 Å². The highest BCUT2D eigenvalue weighted by molar-refractivity contribution is 6.33. The highest BCUT2D eigenvalue weighted by Gasteiger charge is 2.31. The average Bonchev–Trinajstić information content (AvgIpc) is 2.89. The fourth-order valence-electron chi connectivity index (χ4n) is 3.05. The van der Waals surface area contributed by atoms with Crippen LogP contribution in [0.25, 0.3) is 5.69 Å². The molecule has 1 aromatic heterocycles. The molecule has 6 nitrogen and oxygen atoms in total. The molecule has 2 N–H and O–H groups in total. The molecule has 1 aromatic carbocycles. The number of nitrogens with zero attached hydrogens (tertiary/aromatic N) is 3. The molecule has 25 heavy (non-hydrogen) atoms. The molecule has 2 amide bonds. The molecule has 1 aliphatic heterocycles. The first kappa shape index (κ1) is 17.4. The Balaban J connectivity index is 1.91. The van der Waals surface area contributed by atoms with Crippen molar-refractivity contribution in [3.05, 3.63) is 46.5 Å². The van der Waals surface area contributed by atoms with Gasteiger partial charge in [-0.3, -0.25) is 9.59 Å². The minimum Gasteiger partial charge on any atom is -0.369 e. The van der Waals surface area contributed by atoms with Gasteiger partial charge in [0.1, 0.15) is 11.0 Å². The molecule has 2 aromatic rings. The molecule has 2 heterocycles. The summed E-state index contributed by atoms with van der Waals surface area (Å²) in [4.78, 5) is 25.9. The van der Waals surface area contributed by atoms with Crippen molar-refractivity contribution in [3.8, 4) is 5.69 Å². The number of piperidine rings is 1. The largest absolute Gasteiger partial charge is 0.369 e. The summed E-state index contributed by atoms with van der Waals surface area (Å²) in [5.74, 6) is -1.39. The van der Waals surface area contributed by atoms with Crippen molar-refractivity contribution in [2.45, 2.75) is 19.8 Å². The molecule has 0 saturated carbocycles. The summed E-state index contributed by atoms with van der Waals surface area (Å²) in [5, 5.41) is 4.47. The molecule has 0 aliphatic carbocycles. The van der Waals surface area contributed by atoms with Crippen LogP contribution in [0.15, 0.2) is 24.3 Å². The third kappa shape index (κ3) is 3.37. The van der Waals surface area contributed by atoms with E-state index in [-0.39, 0.29) is 34.9 Å². The number of benzene rings is 1. The Morgan fingerprint density at radius 2 is 2.00 bits per heavy atom. The first-order valence-corrected chi connectivity index (χ1v) is 8.36. The van der Waals surface area contributed by atoms with Crippen LogP contribution in [-0.2, 0) is 4.79 Å². The number of aryl methyl sites for hydroxylation is 1. The van der Waals surface area contributed by atoms with Gasteiger partial charge in [-0.1, -0.05) is 11.6 Å². The standard InChI is InChI=1S/C17H18ClFN4O2/c1-10-14(17(25)22-8-2-3-11(9-22)16(20)24)15(18)23(21-10)13-6-4-12(19)5-7-13/h4-7,11H,2-3,8-9H2,1H3,(H2,20,24). The van der Waals surface area contributed by atoms with E-state index in [2.05, 4.69) is 5.10 Å². The van der Waals surface area contributed by atoms with E-state index in [1.54, 1.807) is 11.8 Å². The predicted octanol–water partition coefficient (Wildman–Crippen LogP) is 2.31. The lowest BCUT2D eigenvalue weighted by Crippen LogP contribution is -2.44. The molecule has 132 valence electrons. The number of hydrogen-bond acceptors (Lipinski definition) is 3. The Kier molecular flexibility index (Phi) is 4.76. The Bertz CT molecular complexity index is 819. The van der Waals surface area contributed by atoms with Crippen LogP contribution in [0.3, 0.4) is 0 Å². The van der Waals surface area contributed by atoms with Gasteiger partial charge in [-0.2, -0.15) is 5.10 Å². The normalized spacial score (nSPS) is 17.6. The highest BCUT2D eigenvalue weighted by Crippen LogP contribution is 2.27. The summed E-state index contributed by atoms with van der Waals surface area (Å²) in [5.41, 5.74) is 6.69. The van der Waals surface area contributed by atoms with E-state index in [1.165, 1.54) is 28.9 Å². The average molecular weight is 365 g/mol. The smallest absolute Gasteiger partial charge is 0.258 e. The van der Waals surface area contributed by atoms with Gasteiger partial charge in [0.25, 0.3) is 5.91 Å². The van der Waals surface area contributed by atoms with E-state index < -0.39 is 5.91 Å². The molecular weight excluding hydrogens is 347 g/mol. The second kappa shape index (κ2) is 6.84. The number of carbonyl (C=O) groups is 2. The number of primary amides is 1. The van der Waals surface area contributed by atoms with Crippen molar-refractivity contribution in [3.63, 3.8) is 0 Å². The first-order valence-electron chi connectivity index (χ1n) is 7.98. The fraction of sp³-hybridized carbons (Fsp3) is 0.353. The zero-order valence-corrected chi connectivity index (χ0v) is 14.5. The summed E-state index contributed by atoms with van der Waals surface area (Å²) in [6.07, 6.45) is 1.39. The molecule has 8 heteroatoms. The number of amides is 2. The van der Waals surface area contributed by atoms with Gasteiger partial charge in [-0.05, 0) is 44.0 Å². The Morgan fingerprint density at radius 1 is 1.32 bits per heavy atom. The summed E-state index contributed by atoms with van der Waals surface area (Å²) in [6.45, 7) is 2.51. The van der Waals surface area contributed by atoms with E-state index >= 15 is 0 Å². The second-order valence-electron chi connectivity index (χ2n) is 6.13. The number of rotatable bonds is 3. The van der Waals surface area contributed by atoms with Gasteiger partial charge >= 0.3 is 0 Å². The highest BCUT2D eigenvalue weighted by atomic mass is 35.5. The predicted molar refractivity (Wildman–Crippen MR) is 91.1 cm³/mol. The van der Waals surface area contributed by atoms with Crippen molar-refractivity contribution in [1.82, 2.24) is 14.7 Å². The van der Waals surface area contributed by atoms with Crippen LogP contribution in [0, 0.1) is 18.7 Å². The summed E-state index contributed by atoms with van der Waals surface area (Å²) < 4.78 is 14.5. The van der Waals surface area contributed by atoms with Gasteiger partial charge in [0.2, 0.25) is 5.91 Å². The Labute approximate surface area is 149 Å². The summed E-state index contributed by atoms with van der Waals surface area (Å²) in [6, 6.07) is 5.66. The quantitative estimate of drug-likeness (QED) is 0.907. The molecule has 1 fully saturated rings. The molecule has 0 radical (unpaired) electrons. The van der Waals surface area contributed by atoms with E-state index in [9.17, 15) is 14.0 Å². The molecule has 1 aliphatic rings. The SMILES string of the molecule is Cc1nn(-c2ccc(F)cc2)c(Cl)c1C(=O)N1CCCC(C(N)=O)C1. The van der Waals surface area contributed by atoms with Crippen LogP contribution in [0.5, 0.6) is 0 Å². The summed E-state index contributed by atoms with van der Waals surface area (Å²) in [7, 11) is 0. The molecule has 0 bridgehead atoms. The van der Waals surface area contributed by atoms with Gasteiger partial charge in [-0.25, -0.2) is 9.07 Å². The zero-order valence-electron chi connectivity index (χ0n) is 13.7. The van der Waals surface area contributed by atoms with Crippen LogP contribution >= 0.6 is 11.6 Å². The van der Waals surface area contributed by atoms with Crippen LogP contribution in [0.2, 0.25) is 5.15 Å². The monoisotopic (exact) mass is 364 g/mol.